The van der Waals surface area contributed by atoms with Crippen LogP contribution in [0.15, 0.2) is 29.2 Å². The summed E-state index contributed by atoms with van der Waals surface area (Å²) in [5, 5.41) is 7.83. The van der Waals surface area contributed by atoms with Gasteiger partial charge in [-0.15, -0.1) is 0 Å². The van der Waals surface area contributed by atoms with Crippen molar-refractivity contribution in [2.24, 2.45) is 7.05 Å². The second-order valence-electron chi connectivity index (χ2n) is 7.18. The summed E-state index contributed by atoms with van der Waals surface area (Å²) in [5.74, 6) is 0.174. The third-order valence-corrected chi connectivity index (χ3v) is 5.79. The fourth-order valence-electron chi connectivity index (χ4n) is 4.45. The Morgan fingerprint density at radius 1 is 1.38 bits per heavy atom. The molecule has 0 bridgehead atoms. The lowest BCUT2D eigenvalue weighted by atomic mass is 9.81. The summed E-state index contributed by atoms with van der Waals surface area (Å²) in [6.45, 7) is 3.94. The van der Waals surface area contributed by atoms with Gasteiger partial charge in [-0.1, -0.05) is 5.16 Å². The number of amides is 2. The third-order valence-electron chi connectivity index (χ3n) is 5.79. The summed E-state index contributed by atoms with van der Waals surface area (Å²) in [5.41, 5.74) is 0.804. The van der Waals surface area contributed by atoms with Crippen molar-refractivity contribution in [2.45, 2.75) is 37.6 Å². The standard InChI is InChI=1S/C18H23N5O3/c1-3-23-16(24)14(13-11-19-21(2)12-13)10-18(23)5-8-22(9-6-18)17(25)15-4-7-20-26-15/h4,7,11-12,14H,3,5-6,8-10H2,1-2H3. The molecule has 2 aromatic heterocycles. The second kappa shape index (κ2) is 6.26. The Hall–Kier alpha value is -2.64. The fourth-order valence-corrected chi connectivity index (χ4v) is 4.45. The van der Waals surface area contributed by atoms with Crippen molar-refractivity contribution in [3.8, 4) is 0 Å². The Morgan fingerprint density at radius 2 is 2.15 bits per heavy atom. The number of aromatic nitrogens is 3. The monoisotopic (exact) mass is 357 g/mol. The van der Waals surface area contributed by atoms with E-state index in [0.29, 0.717) is 19.6 Å². The molecule has 26 heavy (non-hydrogen) atoms. The van der Waals surface area contributed by atoms with Gasteiger partial charge in [-0.25, -0.2) is 0 Å². The topological polar surface area (TPSA) is 84.5 Å². The third kappa shape index (κ3) is 2.60. The zero-order valence-electron chi connectivity index (χ0n) is 15.1. The number of likely N-dealkylation sites (tertiary alicyclic amines) is 2. The van der Waals surface area contributed by atoms with E-state index in [1.165, 1.54) is 6.20 Å². The molecular formula is C18H23N5O3. The smallest absolute Gasteiger partial charge is 0.292 e. The first-order valence-corrected chi connectivity index (χ1v) is 9.04. The van der Waals surface area contributed by atoms with Gasteiger partial charge in [-0.3, -0.25) is 14.3 Å². The Labute approximate surface area is 151 Å². The number of hydrogen-bond acceptors (Lipinski definition) is 5. The second-order valence-corrected chi connectivity index (χ2v) is 7.18. The minimum atomic E-state index is -0.176. The van der Waals surface area contributed by atoms with Crippen LogP contribution in [0.4, 0.5) is 0 Å². The molecule has 4 rings (SSSR count). The van der Waals surface area contributed by atoms with E-state index in [1.807, 2.05) is 25.1 Å². The minimum absolute atomic E-state index is 0.131. The molecule has 1 spiro atoms. The fraction of sp³-hybridized carbons (Fsp3) is 0.556. The first kappa shape index (κ1) is 16.8. The molecule has 138 valence electrons. The molecular weight excluding hydrogens is 334 g/mol. The van der Waals surface area contributed by atoms with Crippen LogP contribution in [0.5, 0.6) is 0 Å². The molecule has 2 aliphatic rings. The number of piperidine rings is 1. The molecule has 0 aromatic carbocycles. The Balaban J connectivity index is 1.51. The van der Waals surface area contributed by atoms with Crippen LogP contribution < -0.4 is 0 Å². The highest BCUT2D eigenvalue weighted by Gasteiger charge is 2.52. The van der Waals surface area contributed by atoms with Crippen molar-refractivity contribution < 1.29 is 14.1 Å². The Morgan fingerprint density at radius 3 is 2.73 bits per heavy atom. The maximum absolute atomic E-state index is 13.0. The Kier molecular flexibility index (Phi) is 4.05. The van der Waals surface area contributed by atoms with Crippen LogP contribution in [0.25, 0.3) is 0 Å². The van der Waals surface area contributed by atoms with Crippen LogP contribution in [-0.4, -0.2) is 61.7 Å². The molecule has 8 heteroatoms. The molecule has 0 aliphatic carbocycles. The summed E-state index contributed by atoms with van der Waals surface area (Å²) < 4.78 is 6.73. The van der Waals surface area contributed by atoms with Gasteiger partial charge in [0.25, 0.3) is 5.91 Å². The van der Waals surface area contributed by atoms with Crippen LogP contribution in [-0.2, 0) is 11.8 Å². The average Bonchev–Trinajstić information content (AvgIpc) is 3.36. The van der Waals surface area contributed by atoms with E-state index in [0.717, 1.165) is 24.8 Å². The van der Waals surface area contributed by atoms with E-state index in [-0.39, 0.29) is 29.0 Å². The van der Waals surface area contributed by atoms with Gasteiger partial charge in [-0.2, -0.15) is 5.10 Å². The first-order valence-electron chi connectivity index (χ1n) is 9.04. The summed E-state index contributed by atoms with van der Waals surface area (Å²) in [6.07, 6.45) is 7.55. The predicted octanol–water partition coefficient (Wildman–Crippen LogP) is 1.42. The van der Waals surface area contributed by atoms with Crippen molar-refractivity contribution in [1.82, 2.24) is 24.7 Å². The summed E-state index contributed by atoms with van der Waals surface area (Å²) >= 11 is 0. The van der Waals surface area contributed by atoms with Crippen LogP contribution in [0.2, 0.25) is 0 Å². The number of rotatable bonds is 3. The van der Waals surface area contributed by atoms with Gasteiger partial charge < -0.3 is 14.3 Å². The predicted molar refractivity (Wildman–Crippen MR) is 92.3 cm³/mol. The van der Waals surface area contributed by atoms with Crippen molar-refractivity contribution in [2.75, 3.05) is 19.6 Å². The molecule has 8 nitrogen and oxygen atoms in total. The van der Waals surface area contributed by atoms with E-state index in [1.54, 1.807) is 21.8 Å². The highest BCUT2D eigenvalue weighted by atomic mass is 16.5. The lowest BCUT2D eigenvalue weighted by Crippen LogP contribution is -2.54. The Bertz CT molecular complexity index is 805. The molecule has 0 N–H and O–H groups in total. The van der Waals surface area contributed by atoms with Gasteiger partial charge in [0.15, 0.2) is 0 Å². The molecule has 2 aliphatic heterocycles. The molecule has 0 radical (unpaired) electrons. The van der Waals surface area contributed by atoms with E-state index in [4.69, 9.17) is 4.52 Å². The maximum Gasteiger partial charge on any atom is 0.292 e. The van der Waals surface area contributed by atoms with Crippen LogP contribution in [0.3, 0.4) is 0 Å². The SMILES string of the molecule is CCN1C(=O)C(c2cnn(C)c2)CC12CCN(C(=O)c1ccno1)CC2. The van der Waals surface area contributed by atoms with Gasteiger partial charge in [0.05, 0.1) is 18.3 Å². The van der Waals surface area contributed by atoms with Crippen LogP contribution in [0, 0.1) is 0 Å². The molecule has 2 amide bonds. The van der Waals surface area contributed by atoms with Gasteiger partial charge in [0, 0.05) is 50.0 Å². The molecule has 2 aromatic rings. The van der Waals surface area contributed by atoms with Crippen molar-refractivity contribution in [3.05, 3.63) is 36.0 Å². The van der Waals surface area contributed by atoms with Gasteiger partial charge in [-0.05, 0) is 26.2 Å². The lowest BCUT2D eigenvalue weighted by Gasteiger charge is -2.44. The van der Waals surface area contributed by atoms with E-state index < -0.39 is 0 Å². The van der Waals surface area contributed by atoms with E-state index in [2.05, 4.69) is 10.3 Å². The quantitative estimate of drug-likeness (QED) is 0.829. The van der Waals surface area contributed by atoms with Crippen LogP contribution in [0.1, 0.15) is 48.2 Å². The number of aryl methyl sites for hydroxylation is 1. The molecule has 1 atom stereocenters. The summed E-state index contributed by atoms with van der Waals surface area (Å²) in [4.78, 5) is 29.3. The molecule has 4 heterocycles. The average molecular weight is 357 g/mol. The maximum atomic E-state index is 13.0. The van der Waals surface area contributed by atoms with Crippen molar-refractivity contribution in [1.29, 1.82) is 0 Å². The zero-order valence-corrected chi connectivity index (χ0v) is 15.1. The van der Waals surface area contributed by atoms with Crippen LogP contribution >= 0.6 is 0 Å². The molecule has 0 saturated carbocycles. The van der Waals surface area contributed by atoms with E-state index in [9.17, 15) is 9.59 Å². The lowest BCUT2D eigenvalue weighted by molar-refractivity contribution is -0.133. The van der Waals surface area contributed by atoms with Gasteiger partial charge in [0.2, 0.25) is 11.7 Å². The molecule has 1 unspecified atom stereocenters. The van der Waals surface area contributed by atoms with Gasteiger partial charge in [0.1, 0.15) is 0 Å². The summed E-state index contributed by atoms with van der Waals surface area (Å²) in [6, 6.07) is 1.59. The number of nitrogens with zero attached hydrogens (tertiary/aromatic N) is 5. The number of carbonyl (C=O) groups is 2. The van der Waals surface area contributed by atoms with Crippen molar-refractivity contribution >= 4 is 11.8 Å². The number of hydrogen-bond donors (Lipinski definition) is 0. The largest absolute Gasteiger partial charge is 0.351 e. The zero-order chi connectivity index (χ0) is 18.3. The highest BCUT2D eigenvalue weighted by Crippen LogP contribution is 2.45. The summed E-state index contributed by atoms with van der Waals surface area (Å²) in [7, 11) is 1.86. The molecule has 2 fully saturated rings. The van der Waals surface area contributed by atoms with Crippen molar-refractivity contribution in [3.63, 3.8) is 0 Å². The normalized spacial score (nSPS) is 22.4. The number of likely N-dealkylation sites (N-methyl/N-ethyl adjacent to an activating group) is 1. The van der Waals surface area contributed by atoms with Gasteiger partial charge >= 0.3 is 0 Å². The van der Waals surface area contributed by atoms with E-state index >= 15 is 0 Å². The molecule has 2 saturated heterocycles. The minimum Gasteiger partial charge on any atom is -0.351 e. The number of carbonyl (C=O) groups excluding carboxylic acids is 2. The highest BCUT2D eigenvalue weighted by molar-refractivity contribution is 5.91. The first-order chi connectivity index (χ1) is 12.5.